The maximum absolute atomic E-state index is 13.0. The average molecular weight is 489 g/mol. The smallest absolute Gasteiger partial charge is 0.404 e. The molecule has 3 atom stereocenters. The third-order valence-electron chi connectivity index (χ3n) is 6.45. The van der Waals surface area contributed by atoms with Crippen LogP contribution in [0.25, 0.3) is 10.8 Å². The van der Waals surface area contributed by atoms with Crippen LogP contribution >= 0.6 is 0 Å². The van der Waals surface area contributed by atoms with Crippen LogP contribution in [0.2, 0.25) is 0 Å². The van der Waals surface area contributed by atoms with E-state index < -0.39 is 34.1 Å². The fourth-order valence-corrected chi connectivity index (χ4v) is 5.91. The molecular formula is C23H28N4O6S. The number of amides is 3. The molecule has 3 N–H and O–H groups in total. The van der Waals surface area contributed by atoms with E-state index in [9.17, 15) is 22.8 Å². The lowest BCUT2D eigenvalue weighted by Crippen LogP contribution is -2.55. The van der Waals surface area contributed by atoms with E-state index in [-0.39, 0.29) is 36.4 Å². The Bertz CT molecular complexity index is 1220. The standard InChI is InChI=1S/C23H28N4O6S/c1-15(21(28)26-11-4-7-18(14-26)24-23(30)31)27-12-10-20(22(27)29)25-34(32,33)19-9-8-16-5-2-3-6-17(16)13-19/h2-3,5-6,8-9,13,15,18,20,24-25H,4,7,10-12,14H2,1H3,(H,30,31)/t15-,18-,20-/m0/s1. The van der Waals surface area contributed by atoms with E-state index in [0.29, 0.717) is 19.4 Å². The van der Waals surface area contributed by atoms with Gasteiger partial charge in [0.1, 0.15) is 12.1 Å². The fraction of sp³-hybridized carbons (Fsp3) is 0.435. The molecule has 0 unspecified atom stereocenters. The summed E-state index contributed by atoms with van der Waals surface area (Å²) in [5.74, 6) is -0.717. The number of hydrogen-bond donors (Lipinski definition) is 3. The van der Waals surface area contributed by atoms with E-state index in [1.807, 2.05) is 24.3 Å². The molecule has 0 aromatic heterocycles. The number of carbonyl (C=O) groups excluding carboxylic acids is 2. The summed E-state index contributed by atoms with van der Waals surface area (Å²) < 4.78 is 28.4. The molecule has 34 heavy (non-hydrogen) atoms. The van der Waals surface area contributed by atoms with Gasteiger partial charge in [-0.15, -0.1) is 0 Å². The van der Waals surface area contributed by atoms with Gasteiger partial charge in [0.15, 0.2) is 0 Å². The minimum absolute atomic E-state index is 0.0758. The molecule has 10 nitrogen and oxygen atoms in total. The predicted molar refractivity (Wildman–Crippen MR) is 125 cm³/mol. The number of benzene rings is 2. The van der Waals surface area contributed by atoms with Gasteiger partial charge in [-0.2, -0.15) is 4.72 Å². The molecule has 2 heterocycles. The van der Waals surface area contributed by atoms with E-state index in [1.165, 1.54) is 11.0 Å². The van der Waals surface area contributed by atoms with Gasteiger partial charge in [0, 0.05) is 25.7 Å². The molecule has 0 bridgehead atoms. The Kier molecular flexibility index (Phi) is 6.76. The molecule has 0 radical (unpaired) electrons. The van der Waals surface area contributed by atoms with Gasteiger partial charge in [0.2, 0.25) is 21.8 Å². The zero-order valence-corrected chi connectivity index (χ0v) is 19.6. The lowest BCUT2D eigenvalue weighted by atomic mass is 10.0. The minimum Gasteiger partial charge on any atom is -0.465 e. The van der Waals surface area contributed by atoms with Crippen molar-refractivity contribution in [3.05, 3.63) is 42.5 Å². The molecule has 4 rings (SSSR count). The summed E-state index contributed by atoms with van der Waals surface area (Å²) in [6.45, 7) is 2.60. The molecule has 2 saturated heterocycles. The molecular weight excluding hydrogens is 460 g/mol. The van der Waals surface area contributed by atoms with Crippen LogP contribution in [0.3, 0.4) is 0 Å². The maximum Gasteiger partial charge on any atom is 0.404 e. The number of hydrogen-bond acceptors (Lipinski definition) is 5. The number of carboxylic acid groups (broad SMARTS) is 1. The molecule has 2 aromatic carbocycles. The first kappa shape index (κ1) is 24.0. The van der Waals surface area contributed by atoms with Gasteiger partial charge in [-0.1, -0.05) is 30.3 Å². The van der Waals surface area contributed by atoms with Crippen LogP contribution in [0.1, 0.15) is 26.2 Å². The van der Waals surface area contributed by atoms with E-state index in [2.05, 4.69) is 10.0 Å². The van der Waals surface area contributed by atoms with E-state index in [0.717, 1.165) is 10.8 Å². The topological polar surface area (TPSA) is 136 Å². The van der Waals surface area contributed by atoms with Crippen LogP contribution in [0.5, 0.6) is 0 Å². The Labute approximate surface area is 198 Å². The second-order valence-electron chi connectivity index (χ2n) is 8.75. The molecule has 11 heteroatoms. The molecule has 0 aliphatic carbocycles. The van der Waals surface area contributed by atoms with Crippen molar-refractivity contribution in [1.82, 2.24) is 19.8 Å². The molecule has 2 aromatic rings. The summed E-state index contributed by atoms with van der Waals surface area (Å²) >= 11 is 0. The number of carbonyl (C=O) groups is 3. The number of nitrogens with one attached hydrogen (secondary N) is 2. The number of sulfonamides is 1. The monoisotopic (exact) mass is 488 g/mol. The van der Waals surface area contributed by atoms with Gasteiger partial charge in [-0.25, -0.2) is 13.2 Å². The summed E-state index contributed by atoms with van der Waals surface area (Å²) in [5, 5.41) is 13.0. The summed E-state index contributed by atoms with van der Waals surface area (Å²) in [7, 11) is -3.93. The summed E-state index contributed by atoms with van der Waals surface area (Å²) in [6.07, 6.45) is 0.424. The molecule has 0 saturated carbocycles. The highest BCUT2D eigenvalue weighted by molar-refractivity contribution is 7.89. The number of nitrogens with zero attached hydrogens (tertiary/aromatic N) is 2. The number of piperidine rings is 1. The Morgan fingerprint density at radius 1 is 1.09 bits per heavy atom. The van der Waals surface area contributed by atoms with Gasteiger partial charge in [-0.05, 0) is 49.1 Å². The molecule has 2 aliphatic rings. The number of likely N-dealkylation sites (tertiary alicyclic amines) is 2. The third kappa shape index (κ3) is 5.00. The Morgan fingerprint density at radius 3 is 2.56 bits per heavy atom. The van der Waals surface area contributed by atoms with E-state index in [1.54, 1.807) is 24.0 Å². The molecule has 3 amide bonds. The zero-order valence-electron chi connectivity index (χ0n) is 18.8. The van der Waals surface area contributed by atoms with Gasteiger partial charge < -0.3 is 20.2 Å². The minimum atomic E-state index is -3.93. The first-order chi connectivity index (χ1) is 16.2. The number of rotatable bonds is 6. The van der Waals surface area contributed by atoms with Crippen LogP contribution < -0.4 is 10.0 Å². The maximum atomic E-state index is 13.0. The fourth-order valence-electron chi connectivity index (χ4n) is 4.65. The van der Waals surface area contributed by atoms with Crippen molar-refractivity contribution in [2.24, 2.45) is 0 Å². The van der Waals surface area contributed by atoms with Gasteiger partial charge in [-0.3, -0.25) is 9.59 Å². The summed E-state index contributed by atoms with van der Waals surface area (Å²) in [4.78, 5) is 40.0. The molecule has 0 spiro atoms. The number of fused-ring (bicyclic) bond motifs is 1. The van der Waals surface area contributed by atoms with Gasteiger partial charge in [0.25, 0.3) is 0 Å². The van der Waals surface area contributed by atoms with Crippen molar-refractivity contribution in [3.63, 3.8) is 0 Å². The summed E-state index contributed by atoms with van der Waals surface area (Å²) in [5.41, 5.74) is 0. The van der Waals surface area contributed by atoms with Gasteiger partial charge >= 0.3 is 6.09 Å². The SMILES string of the molecule is C[C@@H](C(=O)N1CCC[C@H](NC(=O)O)C1)N1CC[C@H](NS(=O)(=O)c2ccc3ccccc3c2)C1=O. The highest BCUT2D eigenvalue weighted by Crippen LogP contribution is 2.22. The Morgan fingerprint density at radius 2 is 1.82 bits per heavy atom. The first-order valence-corrected chi connectivity index (χ1v) is 12.7. The highest BCUT2D eigenvalue weighted by atomic mass is 32.2. The van der Waals surface area contributed by atoms with Crippen molar-refractivity contribution >= 4 is 38.7 Å². The van der Waals surface area contributed by atoms with Crippen LogP contribution in [-0.4, -0.2) is 79.0 Å². The average Bonchev–Trinajstić information content (AvgIpc) is 3.16. The third-order valence-corrected chi connectivity index (χ3v) is 7.92. The van der Waals surface area contributed by atoms with Crippen molar-refractivity contribution in [3.8, 4) is 0 Å². The first-order valence-electron chi connectivity index (χ1n) is 11.3. The van der Waals surface area contributed by atoms with Crippen molar-refractivity contribution in [2.75, 3.05) is 19.6 Å². The van der Waals surface area contributed by atoms with Crippen LogP contribution in [-0.2, 0) is 19.6 Å². The van der Waals surface area contributed by atoms with Crippen molar-refractivity contribution < 1.29 is 27.9 Å². The summed E-state index contributed by atoms with van der Waals surface area (Å²) in [6, 6.07) is 10.1. The normalized spacial score (nSPS) is 22.1. The van der Waals surface area contributed by atoms with Crippen LogP contribution in [0, 0.1) is 0 Å². The van der Waals surface area contributed by atoms with Crippen LogP contribution in [0.4, 0.5) is 4.79 Å². The van der Waals surface area contributed by atoms with Crippen LogP contribution in [0.15, 0.2) is 47.4 Å². The highest BCUT2D eigenvalue weighted by Gasteiger charge is 2.40. The van der Waals surface area contributed by atoms with Crippen molar-refractivity contribution in [2.45, 2.75) is 49.2 Å². The second kappa shape index (κ2) is 9.59. The molecule has 182 valence electrons. The predicted octanol–water partition coefficient (Wildman–Crippen LogP) is 1.37. The zero-order chi connectivity index (χ0) is 24.5. The second-order valence-corrected chi connectivity index (χ2v) is 10.5. The van der Waals surface area contributed by atoms with Gasteiger partial charge in [0.05, 0.1) is 4.90 Å². The quantitative estimate of drug-likeness (QED) is 0.562. The lowest BCUT2D eigenvalue weighted by Gasteiger charge is -2.36. The Balaban J connectivity index is 1.41. The largest absolute Gasteiger partial charge is 0.465 e. The Hall–Kier alpha value is -3.18. The molecule has 2 aliphatic heterocycles. The van der Waals surface area contributed by atoms with E-state index >= 15 is 0 Å². The lowest BCUT2D eigenvalue weighted by molar-refractivity contribution is -0.144. The van der Waals surface area contributed by atoms with E-state index in [4.69, 9.17) is 5.11 Å². The van der Waals surface area contributed by atoms with Crippen molar-refractivity contribution in [1.29, 1.82) is 0 Å². The molecule has 2 fully saturated rings.